The zero-order valence-electron chi connectivity index (χ0n) is 14.1. The van der Waals surface area contributed by atoms with E-state index in [1.807, 2.05) is 6.08 Å². The average Bonchev–Trinajstić information content (AvgIpc) is 2.47. The molecular formula is C19H34O2. The molecule has 0 aromatic rings. The third-order valence-electron chi connectivity index (χ3n) is 3.75. The van der Waals surface area contributed by atoms with Gasteiger partial charge in [0.1, 0.15) is 0 Å². The van der Waals surface area contributed by atoms with Crippen molar-refractivity contribution >= 4 is 5.97 Å². The van der Waals surface area contributed by atoms with Gasteiger partial charge in [0.2, 0.25) is 0 Å². The van der Waals surface area contributed by atoms with Gasteiger partial charge in [0, 0.05) is 5.57 Å². The molecule has 0 radical (unpaired) electrons. The Morgan fingerprint density at radius 2 is 1.29 bits per heavy atom. The first kappa shape index (κ1) is 19.9. The standard InChI is InChI=1S/C19H34O2/c1-3-4-5-6-7-8-9-10-11-12-13-14-15-16-17-18(2)19(20)21/h10-11,17H,3-9,12-16H2,1-2H3,(H,20,21)/b11-10?,18-17+. The highest BCUT2D eigenvalue weighted by molar-refractivity contribution is 5.85. The van der Waals surface area contributed by atoms with Crippen LogP contribution in [0.4, 0.5) is 0 Å². The van der Waals surface area contributed by atoms with Crippen molar-refractivity contribution < 1.29 is 9.90 Å². The van der Waals surface area contributed by atoms with Crippen LogP contribution in [0.15, 0.2) is 23.8 Å². The summed E-state index contributed by atoms with van der Waals surface area (Å²) in [6.07, 6.45) is 21.5. The van der Waals surface area contributed by atoms with Gasteiger partial charge in [-0.3, -0.25) is 0 Å². The largest absolute Gasteiger partial charge is 0.478 e. The Labute approximate surface area is 131 Å². The van der Waals surface area contributed by atoms with Crippen molar-refractivity contribution in [1.29, 1.82) is 0 Å². The van der Waals surface area contributed by atoms with E-state index in [1.54, 1.807) is 6.92 Å². The Hall–Kier alpha value is -1.05. The molecule has 0 spiro atoms. The Morgan fingerprint density at radius 1 is 0.810 bits per heavy atom. The lowest BCUT2D eigenvalue weighted by molar-refractivity contribution is -0.132. The number of carbonyl (C=O) groups is 1. The van der Waals surface area contributed by atoms with E-state index < -0.39 is 5.97 Å². The zero-order chi connectivity index (χ0) is 15.8. The van der Waals surface area contributed by atoms with Crippen LogP contribution in [0.25, 0.3) is 0 Å². The third-order valence-corrected chi connectivity index (χ3v) is 3.75. The molecule has 0 bridgehead atoms. The first-order valence-electron chi connectivity index (χ1n) is 8.73. The number of carboxylic acid groups (broad SMARTS) is 1. The van der Waals surface area contributed by atoms with Gasteiger partial charge in [0.25, 0.3) is 0 Å². The highest BCUT2D eigenvalue weighted by Gasteiger charge is 1.97. The fraction of sp³-hybridized carbons (Fsp3) is 0.737. The van der Waals surface area contributed by atoms with E-state index in [-0.39, 0.29) is 0 Å². The van der Waals surface area contributed by atoms with Crippen LogP contribution in [0.2, 0.25) is 0 Å². The molecule has 0 fully saturated rings. The number of rotatable bonds is 14. The molecule has 0 aliphatic carbocycles. The van der Waals surface area contributed by atoms with Crippen LogP contribution in [-0.4, -0.2) is 11.1 Å². The number of allylic oxidation sites excluding steroid dienone is 3. The maximum atomic E-state index is 10.6. The molecule has 2 nitrogen and oxygen atoms in total. The lowest BCUT2D eigenvalue weighted by Gasteiger charge is -1.98. The van der Waals surface area contributed by atoms with Gasteiger partial charge in [-0.1, -0.05) is 63.7 Å². The lowest BCUT2D eigenvalue weighted by Crippen LogP contribution is -1.95. The first-order chi connectivity index (χ1) is 10.2. The number of aliphatic carboxylic acids is 1. The van der Waals surface area contributed by atoms with Gasteiger partial charge in [-0.2, -0.15) is 0 Å². The van der Waals surface area contributed by atoms with E-state index in [2.05, 4.69) is 19.1 Å². The third kappa shape index (κ3) is 15.2. The van der Waals surface area contributed by atoms with Crippen LogP contribution in [0.3, 0.4) is 0 Å². The minimum absolute atomic E-state index is 0.467. The van der Waals surface area contributed by atoms with E-state index in [0.29, 0.717) is 5.57 Å². The highest BCUT2D eigenvalue weighted by atomic mass is 16.4. The molecule has 0 amide bonds. The van der Waals surface area contributed by atoms with Crippen molar-refractivity contribution in [3.63, 3.8) is 0 Å². The summed E-state index contributed by atoms with van der Waals surface area (Å²) < 4.78 is 0. The smallest absolute Gasteiger partial charge is 0.330 e. The zero-order valence-corrected chi connectivity index (χ0v) is 14.1. The molecule has 0 aliphatic rings. The average molecular weight is 294 g/mol. The van der Waals surface area contributed by atoms with Crippen LogP contribution in [0.1, 0.15) is 90.9 Å². The minimum atomic E-state index is -0.798. The van der Waals surface area contributed by atoms with Gasteiger partial charge in [0.05, 0.1) is 0 Å². The van der Waals surface area contributed by atoms with Crippen molar-refractivity contribution in [3.8, 4) is 0 Å². The molecule has 0 saturated carbocycles. The van der Waals surface area contributed by atoms with Crippen molar-refractivity contribution in [1.82, 2.24) is 0 Å². The molecule has 0 rings (SSSR count). The van der Waals surface area contributed by atoms with Crippen molar-refractivity contribution in [2.75, 3.05) is 0 Å². The Morgan fingerprint density at radius 3 is 1.86 bits per heavy atom. The molecule has 0 aromatic heterocycles. The summed E-state index contributed by atoms with van der Waals surface area (Å²) in [7, 11) is 0. The summed E-state index contributed by atoms with van der Waals surface area (Å²) in [5.74, 6) is -0.798. The van der Waals surface area contributed by atoms with Crippen LogP contribution < -0.4 is 0 Å². The quantitative estimate of drug-likeness (QED) is 0.233. The van der Waals surface area contributed by atoms with Crippen LogP contribution in [-0.2, 0) is 4.79 Å². The maximum Gasteiger partial charge on any atom is 0.330 e. The van der Waals surface area contributed by atoms with Gasteiger partial charge >= 0.3 is 5.97 Å². The molecule has 21 heavy (non-hydrogen) atoms. The molecule has 0 atom stereocenters. The summed E-state index contributed by atoms with van der Waals surface area (Å²) >= 11 is 0. The van der Waals surface area contributed by atoms with E-state index >= 15 is 0 Å². The molecule has 0 aliphatic heterocycles. The molecule has 1 N–H and O–H groups in total. The lowest BCUT2D eigenvalue weighted by atomic mass is 10.1. The second-order valence-electron chi connectivity index (χ2n) is 5.86. The topological polar surface area (TPSA) is 37.3 Å². The molecular weight excluding hydrogens is 260 g/mol. The van der Waals surface area contributed by atoms with Crippen molar-refractivity contribution in [2.45, 2.75) is 90.9 Å². The van der Waals surface area contributed by atoms with Crippen LogP contribution >= 0.6 is 0 Å². The fourth-order valence-electron chi connectivity index (χ4n) is 2.27. The van der Waals surface area contributed by atoms with E-state index in [0.717, 1.165) is 19.3 Å². The number of hydrogen-bond donors (Lipinski definition) is 1. The monoisotopic (exact) mass is 294 g/mol. The number of hydrogen-bond acceptors (Lipinski definition) is 1. The summed E-state index contributed by atoms with van der Waals surface area (Å²) in [6.45, 7) is 3.92. The van der Waals surface area contributed by atoms with E-state index in [1.165, 1.54) is 57.8 Å². The van der Waals surface area contributed by atoms with Crippen molar-refractivity contribution in [3.05, 3.63) is 23.8 Å². The van der Waals surface area contributed by atoms with Gasteiger partial charge in [0.15, 0.2) is 0 Å². The highest BCUT2D eigenvalue weighted by Crippen LogP contribution is 2.09. The van der Waals surface area contributed by atoms with Gasteiger partial charge < -0.3 is 5.11 Å². The molecule has 0 heterocycles. The Kier molecular flexibility index (Phi) is 14.6. The predicted molar refractivity (Wildman–Crippen MR) is 91.6 cm³/mol. The normalized spacial score (nSPS) is 12.2. The molecule has 0 aromatic carbocycles. The molecule has 122 valence electrons. The molecule has 2 heteroatoms. The SMILES string of the molecule is CCCCCCCCC=CCCCCC/C=C(\C)C(=O)O. The summed E-state index contributed by atoms with van der Waals surface area (Å²) in [5.41, 5.74) is 0.467. The minimum Gasteiger partial charge on any atom is -0.478 e. The predicted octanol–water partition coefficient (Wildman–Crippen LogP) is 6.27. The van der Waals surface area contributed by atoms with Crippen molar-refractivity contribution in [2.24, 2.45) is 0 Å². The second kappa shape index (κ2) is 15.3. The van der Waals surface area contributed by atoms with E-state index in [9.17, 15) is 4.79 Å². The fourth-order valence-corrected chi connectivity index (χ4v) is 2.27. The Bertz CT molecular complexity index is 303. The molecule has 0 saturated heterocycles. The first-order valence-corrected chi connectivity index (χ1v) is 8.73. The van der Waals surface area contributed by atoms with Crippen LogP contribution in [0.5, 0.6) is 0 Å². The summed E-state index contributed by atoms with van der Waals surface area (Å²) in [5, 5.41) is 8.71. The number of unbranched alkanes of at least 4 members (excludes halogenated alkanes) is 10. The van der Waals surface area contributed by atoms with Gasteiger partial charge in [-0.15, -0.1) is 0 Å². The second-order valence-corrected chi connectivity index (χ2v) is 5.86. The molecule has 0 unspecified atom stereocenters. The van der Waals surface area contributed by atoms with E-state index in [4.69, 9.17) is 5.11 Å². The van der Waals surface area contributed by atoms with Gasteiger partial charge in [-0.05, 0) is 45.4 Å². The summed E-state index contributed by atoms with van der Waals surface area (Å²) in [6, 6.07) is 0. The Balaban J connectivity index is 3.26. The number of carboxylic acids is 1. The van der Waals surface area contributed by atoms with Gasteiger partial charge in [-0.25, -0.2) is 4.79 Å². The van der Waals surface area contributed by atoms with Crippen LogP contribution in [0, 0.1) is 0 Å². The maximum absolute atomic E-state index is 10.6. The summed E-state index contributed by atoms with van der Waals surface area (Å²) in [4.78, 5) is 10.6.